The molecule has 0 radical (unpaired) electrons. The van der Waals surface area contributed by atoms with E-state index in [2.05, 4.69) is 29.3 Å². The average molecular weight is 330 g/mol. The summed E-state index contributed by atoms with van der Waals surface area (Å²) in [5, 5.41) is 3.21. The average Bonchev–Trinajstić information content (AvgIpc) is 3.31. The molecule has 0 aromatic heterocycles. The van der Waals surface area contributed by atoms with Gasteiger partial charge >= 0.3 is 0 Å². The summed E-state index contributed by atoms with van der Waals surface area (Å²) in [6.45, 7) is 7.68. The van der Waals surface area contributed by atoms with Gasteiger partial charge in [-0.1, -0.05) is 19.1 Å². The minimum atomic E-state index is 0.157. The van der Waals surface area contributed by atoms with E-state index in [1.54, 1.807) is 0 Å². The normalized spacial score (nSPS) is 20.6. The number of carbonyl (C=O) groups is 1. The molecule has 2 aliphatic rings. The van der Waals surface area contributed by atoms with E-state index in [1.165, 1.54) is 31.2 Å². The van der Waals surface area contributed by atoms with E-state index in [0.717, 1.165) is 18.8 Å². The standard InChI is InChI=1S/C20H30N2O2/c1-3-24-18-10-8-17(9-11-18)19(22-12-4-5-13-22)14-21-20(23)15(2)16-6-7-16/h8-11,15-16,19H,3-7,12-14H2,1-2H3,(H,21,23). The van der Waals surface area contributed by atoms with Gasteiger partial charge in [-0.25, -0.2) is 0 Å². The largest absolute Gasteiger partial charge is 0.494 e. The molecule has 0 bridgehead atoms. The lowest BCUT2D eigenvalue weighted by molar-refractivity contribution is -0.125. The van der Waals surface area contributed by atoms with Crippen molar-refractivity contribution in [3.05, 3.63) is 29.8 Å². The van der Waals surface area contributed by atoms with Gasteiger partial charge in [0.2, 0.25) is 5.91 Å². The highest BCUT2D eigenvalue weighted by Crippen LogP contribution is 2.36. The van der Waals surface area contributed by atoms with Crippen LogP contribution in [-0.2, 0) is 4.79 Å². The number of rotatable bonds is 8. The maximum absolute atomic E-state index is 12.4. The Balaban J connectivity index is 1.65. The van der Waals surface area contributed by atoms with E-state index >= 15 is 0 Å². The molecule has 3 rings (SSSR count). The molecular formula is C20H30N2O2. The summed E-state index contributed by atoms with van der Waals surface area (Å²) in [4.78, 5) is 14.9. The highest BCUT2D eigenvalue weighted by Gasteiger charge is 2.33. The molecule has 1 aromatic carbocycles. The van der Waals surface area contributed by atoms with Gasteiger partial charge in [-0.2, -0.15) is 0 Å². The van der Waals surface area contributed by atoms with Crippen LogP contribution in [0.3, 0.4) is 0 Å². The van der Waals surface area contributed by atoms with Gasteiger partial charge in [0.15, 0.2) is 0 Å². The Kier molecular flexibility index (Phi) is 5.77. The molecule has 2 unspecified atom stereocenters. The lowest BCUT2D eigenvalue weighted by Crippen LogP contribution is -2.39. The molecule has 2 atom stereocenters. The second kappa shape index (κ2) is 8.02. The molecule has 1 N–H and O–H groups in total. The van der Waals surface area contributed by atoms with E-state index in [-0.39, 0.29) is 17.9 Å². The molecular weight excluding hydrogens is 300 g/mol. The number of benzene rings is 1. The Bertz CT molecular complexity index is 533. The number of amides is 1. The van der Waals surface area contributed by atoms with Crippen LogP contribution in [0, 0.1) is 11.8 Å². The highest BCUT2D eigenvalue weighted by molar-refractivity contribution is 5.78. The quantitative estimate of drug-likeness (QED) is 0.794. The van der Waals surface area contributed by atoms with Gasteiger partial charge in [0, 0.05) is 12.5 Å². The Hall–Kier alpha value is -1.55. The van der Waals surface area contributed by atoms with Crippen molar-refractivity contribution < 1.29 is 9.53 Å². The summed E-state index contributed by atoms with van der Waals surface area (Å²) in [6, 6.07) is 8.63. The summed E-state index contributed by atoms with van der Waals surface area (Å²) in [6.07, 6.45) is 4.92. The van der Waals surface area contributed by atoms with Crippen molar-refractivity contribution in [2.45, 2.75) is 45.6 Å². The van der Waals surface area contributed by atoms with Crippen molar-refractivity contribution >= 4 is 5.91 Å². The first kappa shape index (κ1) is 17.3. The lowest BCUT2D eigenvalue weighted by Gasteiger charge is -2.29. The smallest absolute Gasteiger partial charge is 0.223 e. The zero-order chi connectivity index (χ0) is 16.9. The van der Waals surface area contributed by atoms with Crippen LogP contribution >= 0.6 is 0 Å². The van der Waals surface area contributed by atoms with E-state index in [9.17, 15) is 4.79 Å². The molecule has 1 amide bonds. The van der Waals surface area contributed by atoms with Gasteiger partial charge in [0.1, 0.15) is 5.75 Å². The number of nitrogens with one attached hydrogen (secondary N) is 1. The predicted octanol–water partition coefficient (Wildman–Crippen LogP) is 3.38. The zero-order valence-corrected chi connectivity index (χ0v) is 15.0. The van der Waals surface area contributed by atoms with Crippen molar-refractivity contribution in [2.75, 3.05) is 26.2 Å². The Morgan fingerprint density at radius 1 is 1.25 bits per heavy atom. The molecule has 24 heavy (non-hydrogen) atoms. The van der Waals surface area contributed by atoms with Crippen LogP contribution < -0.4 is 10.1 Å². The van der Waals surface area contributed by atoms with Crippen LogP contribution in [0.15, 0.2) is 24.3 Å². The van der Waals surface area contributed by atoms with Gasteiger partial charge < -0.3 is 10.1 Å². The molecule has 4 nitrogen and oxygen atoms in total. The maximum Gasteiger partial charge on any atom is 0.223 e. The third-order valence-corrected chi connectivity index (χ3v) is 5.37. The van der Waals surface area contributed by atoms with Crippen LogP contribution in [-0.4, -0.2) is 37.0 Å². The third kappa shape index (κ3) is 4.29. The monoisotopic (exact) mass is 330 g/mol. The van der Waals surface area contributed by atoms with E-state index in [0.29, 0.717) is 19.1 Å². The molecule has 1 heterocycles. The highest BCUT2D eigenvalue weighted by atomic mass is 16.5. The van der Waals surface area contributed by atoms with Crippen LogP contribution in [0.4, 0.5) is 0 Å². The van der Waals surface area contributed by atoms with Gasteiger partial charge in [0.05, 0.1) is 12.6 Å². The first-order chi connectivity index (χ1) is 11.7. The Morgan fingerprint density at radius 2 is 1.92 bits per heavy atom. The number of hydrogen-bond acceptors (Lipinski definition) is 3. The summed E-state index contributed by atoms with van der Waals surface area (Å²) in [7, 11) is 0. The Morgan fingerprint density at radius 3 is 2.50 bits per heavy atom. The first-order valence-electron chi connectivity index (χ1n) is 9.43. The van der Waals surface area contributed by atoms with E-state index in [4.69, 9.17) is 4.74 Å². The molecule has 1 saturated heterocycles. The number of nitrogens with zero attached hydrogens (tertiary/aromatic N) is 1. The van der Waals surface area contributed by atoms with Gasteiger partial charge in [-0.15, -0.1) is 0 Å². The topological polar surface area (TPSA) is 41.6 Å². The van der Waals surface area contributed by atoms with E-state index < -0.39 is 0 Å². The lowest BCUT2D eigenvalue weighted by atomic mass is 10.0. The Labute approximate surface area is 145 Å². The second-order valence-corrected chi connectivity index (χ2v) is 7.13. The fraction of sp³-hybridized carbons (Fsp3) is 0.650. The minimum Gasteiger partial charge on any atom is -0.494 e. The molecule has 1 aliphatic heterocycles. The maximum atomic E-state index is 12.4. The van der Waals surface area contributed by atoms with Crippen molar-refractivity contribution in [2.24, 2.45) is 11.8 Å². The predicted molar refractivity (Wildman–Crippen MR) is 96.1 cm³/mol. The van der Waals surface area contributed by atoms with Crippen LogP contribution in [0.25, 0.3) is 0 Å². The number of ether oxygens (including phenoxy) is 1. The van der Waals surface area contributed by atoms with Gasteiger partial charge in [0.25, 0.3) is 0 Å². The summed E-state index contributed by atoms with van der Waals surface area (Å²) in [5.41, 5.74) is 1.26. The fourth-order valence-electron chi connectivity index (χ4n) is 3.63. The van der Waals surface area contributed by atoms with Crippen molar-refractivity contribution in [1.29, 1.82) is 0 Å². The number of hydrogen-bond donors (Lipinski definition) is 1. The van der Waals surface area contributed by atoms with Crippen LogP contribution in [0.1, 0.15) is 51.1 Å². The summed E-state index contributed by atoms with van der Waals surface area (Å²) < 4.78 is 5.55. The van der Waals surface area contributed by atoms with Crippen molar-refractivity contribution in [3.8, 4) is 5.75 Å². The van der Waals surface area contributed by atoms with E-state index in [1.807, 2.05) is 19.1 Å². The number of carbonyl (C=O) groups excluding carboxylic acids is 1. The van der Waals surface area contributed by atoms with Gasteiger partial charge in [-0.05, 0) is 69.3 Å². The summed E-state index contributed by atoms with van der Waals surface area (Å²) in [5.74, 6) is 1.89. The first-order valence-corrected chi connectivity index (χ1v) is 9.43. The molecule has 1 saturated carbocycles. The zero-order valence-electron chi connectivity index (χ0n) is 15.0. The molecule has 1 aliphatic carbocycles. The van der Waals surface area contributed by atoms with Gasteiger partial charge in [-0.3, -0.25) is 9.69 Å². The second-order valence-electron chi connectivity index (χ2n) is 7.13. The fourth-order valence-corrected chi connectivity index (χ4v) is 3.63. The summed E-state index contributed by atoms with van der Waals surface area (Å²) >= 11 is 0. The van der Waals surface area contributed by atoms with Crippen molar-refractivity contribution in [3.63, 3.8) is 0 Å². The molecule has 132 valence electrons. The SMILES string of the molecule is CCOc1ccc(C(CNC(=O)C(C)C2CC2)N2CCCC2)cc1. The molecule has 4 heteroatoms. The molecule has 2 fully saturated rings. The van der Waals surface area contributed by atoms with Crippen LogP contribution in [0.5, 0.6) is 5.75 Å². The minimum absolute atomic E-state index is 0.157. The third-order valence-electron chi connectivity index (χ3n) is 5.37. The van der Waals surface area contributed by atoms with Crippen LogP contribution in [0.2, 0.25) is 0 Å². The molecule has 0 spiro atoms. The molecule has 1 aromatic rings. The number of likely N-dealkylation sites (tertiary alicyclic amines) is 1. The van der Waals surface area contributed by atoms with Crippen molar-refractivity contribution in [1.82, 2.24) is 10.2 Å².